The van der Waals surface area contributed by atoms with Crippen molar-refractivity contribution >= 4 is 5.91 Å². The third kappa shape index (κ3) is 4.79. The number of benzene rings is 1. The van der Waals surface area contributed by atoms with Gasteiger partial charge in [-0.3, -0.25) is 14.5 Å². The first-order valence-corrected chi connectivity index (χ1v) is 8.87. The molecule has 1 saturated heterocycles. The molecule has 0 spiro atoms. The SMILES string of the molecule is Cn1ccc(C(=O)NCc2ccc(CN3CCCCC3)cc2)cc1=O. The number of aromatic nitrogens is 1. The maximum Gasteiger partial charge on any atom is 0.251 e. The quantitative estimate of drug-likeness (QED) is 0.909. The highest BCUT2D eigenvalue weighted by Crippen LogP contribution is 2.13. The van der Waals surface area contributed by atoms with Gasteiger partial charge in [0.1, 0.15) is 0 Å². The van der Waals surface area contributed by atoms with Gasteiger partial charge in [0.2, 0.25) is 0 Å². The summed E-state index contributed by atoms with van der Waals surface area (Å²) in [5, 5.41) is 2.87. The molecule has 1 amide bonds. The molecule has 0 radical (unpaired) electrons. The normalized spacial score (nSPS) is 15.1. The number of nitrogens with zero attached hydrogens (tertiary/aromatic N) is 2. The highest BCUT2D eigenvalue weighted by atomic mass is 16.2. The zero-order valence-corrected chi connectivity index (χ0v) is 14.7. The van der Waals surface area contributed by atoms with Crippen LogP contribution in [0.1, 0.15) is 40.7 Å². The van der Waals surface area contributed by atoms with Crippen LogP contribution >= 0.6 is 0 Å². The molecule has 25 heavy (non-hydrogen) atoms. The van der Waals surface area contributed by atoms with Crippen LogP contribution in [0.5, 0.6) is 0 Å². The molecule has 0 unspecified atom stereocenters. The Labute approximate surface area is 148 Å². The largest absolute Gasteiger partial charge is 0.348 e. The van der Waals surface area contributed by atoms with Gasteiger partial charge in [-0.25, -0.2) is 0 Å². The lowest BCUT2D eigenvalue weighted by Gasteiger charge is -2.26. The summed E-state index contributed by atoms with van der Waals surface area (Å²) in [5.41, 5.74) is 2.57. The average molecular weight is 339 g/mol. The summed E-state index contributed by atoms with van der Waals surface area (Å²) in [6.07, 6.45) is 5.55. The first kappa shape index (κ1) is 17.4. The molecule has 5 heteroatoms. The number of carbonyl (C=O) groups is 1. The second-order valence-corrected chi connectivity index (χ2v) is 6.70. The molecule has 1 aliphatic rings. The number of nitrogens with one attached hydrogen (secondary N) is 1. The molecular weight excluding hydrogens is 314 g/mol. The van der Waals surface area contributed by atoms with Gasteiger partial charge in [-0.15, -0.1) is 0 Å². The molecule has 1 aliphatic heterocycles. The lowest BCUT2D eigenvalue weighted by atomic mass is 10.1. The van der Waals surface area contributed by atoms with E-state index in [-0.39, 0.29) is 11.5 Å². The number of amides is 1. The standard InChI is InChI=1S/C20H25N3O2/c1-22-12-9-18(13-19(22)24)20(25)21-14-16-5-7-17(8-6-16)15-23-10-3-2-4-11-23/h5-9,12-13H,2-4,10-11,14-15H2,1H3,(H,21,25). The molecule has 0 atom stereocenters. The van der Waals surface area contributed by atoms with Crippen molar-refractivity contribution in [2.24, 2.45) is 7.05 Å². The van der Waals surface area contributed by atoms with Gasteiger partial charge in [-0.05, 0) is 43.1 Å². The molecule has 2 heterocycles. The molecule has 1 fully saturated rings. The number of likely N-dealkylation sites (tertiary alicyclic amines) is 1. The van der Waals surface area contributed by atoms with Crippen LogP contribution in [0, 0.1) is 0 Å². The number of piperidine rings is 1. The third-order valence-corrected chi connectivity index (χ3v) is 4.70. The molecule has 5 nitrogen and oxygen atoms in total. The van der Waals surface area contributed by atoms with Crippen LogP contribution in [-0.2, 0) is 20.1 Å². The molecular formula is C20H25N3O2. The van der Waals surface area contributed by atoms with E-state index in [0.29, 0.717) is 12.1 Å². The van der Waals surface area contributed by atoms with Gasteiger partial charge in [0.15, 0.2) is 0 Å². The van der Waals surface area contributed by atoms with Crippen LogP contribution in [0.3, 0.4) is 0 Å². The van der Waals surface area contributed by atoms with Crippen LogP contribution in [-0.4, -0.2) is 28.5 Å². The fourth-order valence-electron chi connectivity index (χ4n) is 3.11. The number of rotatable bonds is 5. The first-order valence-electron chi connectivity index (χ1n) is 8.87. The van der Waals surface area contributed by atoms with E-state index in [2.05, 4.69) is 34.5 Å². The Morgan fingerprint density at radius 3 is 2.40 bits per heavy atom. The second kappa shape index (κ2) is 8.12. The number of hydrogen-bond donors (Lipinski definition) is 1. The zero-order chi connectivity index (χ0) is 17.6. The molecule has 132 valence electrons. The minimum atomic E-state index is -0.227. The highest BCUT2D eigenvalue weighted by Gasteiger charge is 2.10. The average Bonchev–Trinajstić information content (AvgIpc) is 2.64. The van der Waals surface area contributed by atoms with Gasteiger partial charge in [0.25, 0.3) is 11.5 Å². The molecule has 0 bridgehead atoms. The third-order valence-electron chi connectivity index (χ3n) is 4.70. The Bertz CT molecular complexity index is 774. The van der Waals surface area contributed by atoms with Gasteiger partial charge in [-0.1, -0.05) is 30.7 Å². The van der Waals surface area contributed by atoms with Crippen molar-refractivity contribution in [2.45, 2.75) is 32.4 Å². The molecule has 1 aromatic heterocycles. The maximum atomic E-state index is 12.1. The summed E-state index contributed by atoms with van der Waals surface area (Å²) in [6.45, 7) is 3.83. The fraction of sp³-hybridized carbons (Fsp3) is 0.400. The minimum Gasteiger partial charge on any atom is -0.348 e. The van der Waals surface area contributed by atoms with E-state index in [1.807, 2.05) is 0 Å². The number of hydrogen-bond acceptors (Lipinski definition) is 3. The van der Waals surface area contributed by atoms with Crippen molar-refractivity contribution < 1.29 is 4.79 Å². The summed E-state index contributed by atoms with van der Waals surface area (Å²) >= 11 is 0. The van der Waals surface area contributed by atoms with E-state index >= 15 is 0 Å². The summed E-state index contributed by atoms with van der Waals surface area (Å²) < 4.78 is 1.44. The highest BCUT2D eigenvalue weighted by molar-refractivity contribution is 5.93. The smallest absolute Gasteiger partial charge is 0.251 e. The Morgan fingerprint density at radius 2 is 1.72 bits per heavy atom. The Balaban J connectivity index is 1.53. The monoisotopic (exact) mass is 339 g/mol. The summed E-state index contributed by atoms with van der Waals surface area (Å²) in [6, 6.07) is 11.4. The summed E-state index contributed by atoms with van der Waals surface area (Å²) in [4.78, 5) is 26.2. The van der Waals surface area contributed by atoms with Crippen molar-refractivity contribution in [3.05, 3.63) is 69.6 Å². The zero-order valence-electron chi connectivity index (χ0n) is 14.7. The van der Waals surface area contributed by atoms with Gasteiger partial charge >= 0.3 is 0 Å². The maximum absolute atomic E-state index is 12.1. The summed E-state index contributed by atoms with van der Waals surface area (Å²) in [7, 11) is 1.66. The summed E-state index contributed by atoms with van der Waals surface area (Å²) in [5.74, 6) is -0.227. The van der Waals surface area contributed by atoms with Gasteiger partial charge in [-0.2, -0.15) is 0 Å². The first-order chi connectivity index (χ1) is 12.1. The van der Waals surface area contributed by atoms with E-state index in [0.717, 1.165) is 12.1 Å². The predicted molar refractivity (Wildman–Crippen MR) is 98.4 cm³/mol. The minimum absolute atomic E-state index is 0.185. The lowest BCUT2D eigenvalue weighted by Crippen LogP contribution is -2.29. The molecule has 1 N–H and O–H groups in total. The van der Waals surface area contributed by atoms with Crippen LogP contribution in [0.4, 0.5) is 0 Å². The van der Waals surface area contributed by atoms with Crippen LogP contribution in [0.2, 0.25) is 0 Å². The van der Waals surface area contributed by atoms with Crippen molar-refractivity contribution in [1.29, 1.82) is 0 Å². The number of carbonyl (C=O) groups excluding carboxylic acids is 1. The van der Waals surface area contributed by atoms with E-state index in [1.54, 1.807) is 19.3 Å². The van der Waals surface area contributed by atoms with Crippen molar-refractivity contribution in [3.63, 3.8) is 0 Å². The van der Waals surface area contributed by atoms with Gasteiger partial charge in [0, 0.05) is 38.0 Å². The van der Waals surface area contributed by atoms with Crippen LogP contribution < -0.4 is 10.9 Å². The second-order valence-electron chi connectivity index (χ2n) is 6.70. The van der Waals surface area contributed by atoms with Crippen molar-refractivity contribution in [2.75, 3.05) is 13.1 Å². The molecule has 1 aromatic carbocycles. The molecule has 0 saturated carbocycles. The van der Waals surface area contributed by atoms with E-state index in [9.17, 15) is 9.59 Å². The van der Waals surface area contributed by atoms with E-state index in [1.165, 1.54) is 48.5 Å². The van der Waals surface area contributed by atoms with Crippen molar-refractivity contribution in [3.8, 4) is 0 Å². The fourth-order valence-corrected chi connectivity index (χ4v) is 3.11. The predicted octanol–water partition coefficient (Wildman–Crippen LogP) is 2.30. The van der Waals surface area contributed by atoms with Crippen LogP contribution in [0.25, 0.3) is 0 Å². The molecule has 0 aliphatic carbocycles. The number of pyridine rings is 1. The van der Waals surface area contributed by atoms with E-state index in [4.69, 9.17) is 0 Å². The molecule has 2 aromatic rings. The Hall–Kier alpha value is -2.40. The van der Waals surface area contributed by atoms with Crippen molar-refractivity contribution in [1.82, 2.24) is 14.8 Å². The van der Waals surface area contributed by atoms with E-state index < -0.39 is 0 Å². The lowest BCUT2D eigenvalue weighted by molar-refractivity contribution is 0.0950. The molecule has 3 rings (SSSR count). The Kier molecular flexibility index (Phi) is 5.66. The number of aryl methyl sites for hydroxylation is 1. The van der Waals surface area contributed by atoms with Crippen LogP contribution in [0.15, 0.2) is 47.4 Å². The van der Waals surface area contributed by atoms with Gasteiger partial charge in [0.05, 0.1) is 0 Å². The van der Waals surface area contributed by atoms with Gasteiger partial charge < -0.3 is 9.88 Å². The topological polar surface area (TPSA) is 54.3 Å². The Morgan fingerprint density at radius 1 is 1.04 bits per heavy atom.